The van der Waals surface area contributed by atoms with Crippen LogP contribution in [0, 0.1) is 5.92 Å². The molecule has 0 radical (unpaired) electrons. The van der Waals surface area contributed by atoms with E-state index in [9.17, 15) is 9.59 Å². The Morgan fingerprint density at radius 2 is 1.71 bits per heavy atom. The summed E-state index contributed by atoms with van der Waals surface area (Å²) in [7, 11) is 0. The van der Waals surface area contributed by atoms with Crippen molar-refractivity contribution >= 4 is 16.9 Å². The van der Waals surface area contributed by atoms with E-state index >= 15 is 0 Å². The summed E-state index contributed by atoms with van der Waals surface area (Å²) in [5.41, 5.74) is 1.26. The third-order valence-electron chi connectivity index (χ3n) is 4.60. The Kier molecular flexibility index (Phi) is 6.68. The molecule has 1 aromatic heterocycles. The smallest absolute Gasteiger partial charge is 0.344 e. The summed E-state index contributed by atoms with van der Waals surface area (Å²) in [4.78, 5) is 24.5. The predicted octanol–water partition coefficient (Wildman–Crippen LogP) is 5.46. The van der Waals surface area contributed by atoms with Crippen LogP contribution in [0.25, 0.3) is 11.0 Å². The molecule has 3 rings (SSSR count). The highest BCUT2D eigenvalue weighted by atomic mass is 16.6. The number of esters is 1. The second-order valence-electron chi connectivity index (χ2n) is 8.83. The van der Waals surface area contributed by atoms with Gasteiger partial charge in [-0.25, -0.2) is 4.79 Å². The second-order valence-corrected chi connectivity index (χ2v) is 8.83. The van der Waals surface area contributed by atoms with Crippen LogP contribution in [0.4, 0.5) is 0 Å². The van der Waals surface area contributed by atoms with Crippen molar-refractivity contribution in [1.29, 1.82) is 0 Å². The minimum atomic E-state index is -0.448. The number of carbonyl (C=O) groups excluding carboxylic acids is 1. The molecule has 6 nitrogen and oxygen atoms in total. The quantitative estimate of drug-likeness (QED) is 0.469. The molecule has 0 saturated heterocycles. The van der Waals surface area contributed by atoms with Crippen LogP contribution in [-0.4, -0.2) is 19.2 Å². The molecule has 0 aliphatic rings. The molecule has 1 heterocycles. The average Bonchev–Trinajstić information content (AvgIpc) is 2.72. The summed E-state index contributed by atoms with van der Waals surface area (Å²) in [6.45, 7) is 10.4. The normalized spacial score (nSPS) is 11.5. The Morgan fingerprint density at radius 3 is 2.35 bits per heavy atom. The maximum absolute atomic E-state index is 12.8. The molecule has 0 aliphatic heterocycles. The lowest BCUT2D eigenvalue weighted by Gasteiger charge is -2.19. The van der Waals surface area contributed by atoms with Crippen molar-refractivity contribution in [1.82, 2.24) is 0 Å². The molecule has 3 aromatic rings. The maximum atomic E-state index is 12.8. The molecule has 0 saturated carbocycles. The number of rotatable bonds is 7. The Labute approximate surface area is 181 Å². The molecule has 0 unspecified atom stereocenters. The molecule has 31 heavy (non-hydrogen) atoms. The summed E-state index contributed by atoms with van der Waals surface area (Å²) >= 11 is 0. The maximum Gasteiger partial charge on any atom is 0.344 e. The van der Waals surface area contributed by atoms with Gasteiger partial charge in [-0.2, -0.15) is 0 Å². The van der Waals surface area contributed by atoms with E-state index in [0.717, 1.165) is 0 Å². The summed E-state index contributed by atoms with van der Waals surface area (Å²) < 4.78 is 21.8. The molecular formula is C25H28O6. The third kappa shape index (κ3) is 5.87. The molecule has 164 valence electrons. The molecule has 0 N–H and O–H groups in total. The zero-order chi connectivity index (χ0) is 22.6. The van der Waals surface area contributed by atoms with Gasteiger partial charge in [-0.05, 0) is 41.2 Å². The van der Waals surface area contributed by atoms with Crippen molar-refractivity contribution in [3.05, 3.63) is 64.5 Å². The summed E-state index contributed by atoms with van der Waals surface area (Å²) in [6, 6.07) is 12.4. The van der Waals surface area contributed by atoms with Gasteiger partial charge in [0.05, 0.1) is 12.0 Å². The van der Waals surface area contributed by atoms with E-state index in [0.29, 0.717) is 29.1 Å². The second kappa shape index (κ2) is 9.25. The Balaban J connectivity index is 1.72. The SMILES string of the molecule is CC(C)COC(=O)COc1ccc2c(=O)c(Oc3ccc(C(C)(C)C)cc3)coc2c1. The first kappa shape index (κ1) is 22.4. The Morgan fingerprint density at radius 1 is 1.03 bits per heavy atom. The van der Waals surface area contributed by atoms with Gasteiger partial charge in [0, 0.05) is 6.07 Å². The fraction of sp³-hybridized carbons (Fsp3) is 0.360. The number of fused-ring (bicyclic) bond motifs is 1. The minimum Gasteiger partial charge on any atom is -0.482 e. The summed E-state index contributed by atoms with van der Waals surface area (Å²) in [5, 5.41) is 0.360. The van der Waals surface area contributed by atoms with Gasteiger partial charge < -0.3 is 18.6 Å². The van der Waals surface area contributed by atoms with Crippen LogP contribution in [0.1, 0.15) is 40.2 Å². The lowest BCUT2D eigenvalue weighted by atomic mass is 9.87. The van der Waals surface area contributed by atoms with Crippen molar-refractivity contribution in [2.45, 2.75) is 40.0 Å². The van der Waals surface area contributed by atoms with Gasteiger partial charge in [-0.15, -0.1) is 0 Å². The third-order valence-corrected chi connectivity index (χ3v) is 4.60. The molecule has 0 atom stereocenters. The Hall–Kier alpha value is -3.28. The number of hydrogen-bond acceptors (Lipinski definition) is 6. The molecule has 2 aromatic carbocycles. The van der Waals surface area contributed by atoms with Gasteiger partial charge >= 0.3 is 5.97 Å². The van der Waals surface area contributed by atoms with E-state index in [2.05, 4.69) is 20.8 Å². The van der Waals surface area contributed by atoms with Crippen LogP contribution >= 0.6 is 0 Å². The lowest BCUT2D eigenvalue weighted by molar-refractivity contribution is -0.147. The van der Waals surface area contributed by atoms with Crippen LogP contribution in [0.15, 0.2) is 57.9 Å². The molecule has 6 heteroatoms. The largest absolute Gasteiger partial charge is 0.482 e. The summed E-state index contributed by atoms with van der Waals surface area (Å²) in [6.07, 6.45) is 1.28. The van der Waals surface area contributed by atoms with E-state index in [1.165, 1.54) is 11.8 Å². The fourth-order valence-corrected chi connectivity index (χ4v) is 2.84. The Bertz CT molecular complexity index is 1100. The van der Waals surface area contributed by atoms with Crippen LogP contribution in [0.2, 0.25) is 0 Å². The number of benzene rings is 2. The van der Waals surface area contributed by atoms with Crippen LogP contribution in [0.5, 0.6) is 17.2 Å². The van der Waals surface area contributed by atoms with Crippen molar-refractivity contribution < 1.29 is 23.4 Å². The van der Waals surface area contributed by atoms with Gasteiger partial charge in [0.15, 0.2) is 6.61 Å². The first-order chi connectivity index (χ1) is 14.6. The number of hydrogen-bond donors (Lipinski definition) is 0. The highest BCUT2D eigenvalue weighted by molar-refractivity contribution is 5.79. The van der Waals surface area contributed by atoms with E-state index in [1.54, 1.807) is 18.2 Å². The van der Waals surface area contributed by atoms with E-state index in [4.69, 9.17) is 18.6 Å². The van der Waals surface area contributed by atoms with Crippen molar-refractivity contribution in [3.63, 3.8) is 0 Å². The van der Waals surface area contributed by atoms with E-state index in [1.807, 2.05) is 38.1 Å². The van der Waals surface area contributed by atoms with Crippen molar-refractivity contribution in [2.24, 2.45) is 5.92 Å². The van der Waals surface area contributed by atoms with Crippen molar-refractivity contribution in [3.8, 4) is 17.2 Å². The van der Waals surface area contributed by atoms with Gasteiger partial charge in [0.25, 0.3) is 0 Å². The zero-order valence-electron chi connectivity index (χ0n) is 18.6. The molecular weight excluding hydrogens is 396 g/mol. The number of carbonyl (C=O) groups is 1. The molecule has 0 bridgehead atoms. The zero-order valence-corrected chi connectivity index (χ0v) is 18.6. The highest BCUT2D eigenvalue weighted by Gasteiger charge is 2.15. The van der Waals surface area contributed by atoms with E-state index in [-0.39, 0.29) is 29.1 Å². The standard InChI is InChI=1S/C25H28O6/c1-16(2)13-30-23(26)15-28-19-10-11-20-21(12-19)29-14-22(24(20)27)31-18-8-6-17(7-9-18)25(3,4)5/h6-12,14,16H,13,15H2,1-5H3. The fourth-order valence-electron chi connectivity index (χ4n) is 2.84. The van der Waals surface area contributed by atoms with Gasteiger partial charge in [0.2, 0.25) is 11.2 Å². The first-order valence-corrected chi connectivity index (χ1v) is 10.3. The lowest BCUT2D eigenvalue weighted by Crippen LogP contribution is -2.17. The van der Waals surface area contributed by atoms with Gasteiger partial charge in [-0.3, -0.25) is 4.79 Å². The van der Waals surface area contributed by atoms with Gasteiger partial charge in [0.1, 0.15) is 23.3 Å². The topological polar surface area (TPSA) is 75.0 Å². The van der Waals surface area contributed by atoms with Gasteiger partial charge in [-0.1, -0.05) is 46.8 Å². The van der Waals surface area contributed by atoms with E-state index < -0.39 is 5.97 Å². The predicted molar refractivity (Wildman–Crippen MR) is 119 cm³/mol. The molecule has 0 fully saturated rings. The first-order valence-electron chi connectivity index (χ1n) is 10.3. The molecule has 0 spiro atoms. The van der Waals surface area contributed by atoms with Crippen LogP contribution in [-0.2, 0) is 14.9 Å². The van der Waals surface area contributed by atoms with Crippen LogP contribution in [0.3, 0.4) is 0 Å². The van der Waals surface area contributed by atoms with Crippen molar-refractivity contribution in [2.75, 3.05) is 13.2 Å². The number of ether oxygens (including phenoxy) is 3. The minimum absolute atomic E-state index is 0.0332. The molecule has 0 aliphatic carbocycles. The summed E-state index contributed by atoms with van der Waals surface area (Å²) in [5.74, 6) is 0.869. The monoisotopic (exact) mass is 424 g/mol. The average molecular weight is 424 g/mol. The molecule has 0 amide bonds. The van der Waals surface area contributed by atoms with Crippen LogP contribution < -0.4 is 14.9 Å². The highest BCUT2D eigenvalue weighted by Crippen LogP contribution is 2.27.